The zero-order chi connectivity index (χ0) is 20.1. The lowest BCUT2D eigenvalue weighted by molar-refractivity contribution is -0.135. The smallest absolute Gasteiger partial charge is 0.136 e. The minimum Gasteiger partial charge on any atom is -0.299 e. The molecule has 4 aliphatic rings. The Morgan fingerprint density at radius 3 is 2.48 bits per heavy atom. The predicted molar refractivity (Wildman–Crippen MR) is 120 cm³/mol. The molecule has 0 spiro atoms. The Kier molecular flexibility index (Phi) is 5.16. The maximum Gasteiger partial charge on any atom is 0.136 e. The van der Waals surface area contributed by atoms with Crippen LogP contribution in [0.3, 0.4) is 0 Å². The number of Topliss-reactive ketones (excluding diaryl/α,β-unsaturated/α-hetero) is 1. The molecule has 1 nitrogen and oxygen atoms in total. The van der Waals surface area contributed by atoms with Crippen LogP contribution in [0.2, 0.25) is 0 Å². The summed E-state index contributed by atoms with van der Waals surface area (Å²) >= 11 is 0. The normalized spacial score (nSPS) is 43.9. The molecule has 1 heteroatoms. The van der Waals surface area contributed by atoms with Crippen molar-refractivity contribution in [2.24, 2.45) is 40.4 Å². The van der Waals surface area contributed by atoms with Gasteiger partial charge in [-0.2, -0.15) is 0 Å². The molecule has 5 rings (SSSR count). The van der Waals surface area contributed by atoms with Crippen molar-refractivity contribution >= 4 is 5.78 Å². The summed E-state index contributed by atoms with van der Waals surface area (Å²) in [4.78, 5) is 13.3. The van der Waals surface area contributed by atoms with Crippen molar-refractivity contribution in [2.75, 3.05) is 0 Å². The molecule has 7 atom stereocenters. The fourth-order valence-electron chi connectivity index (χ4n) is 8.91. The van der Waals surface area contributed by atoms with E-state index in [1.54, 1.807) is 0 Å². The lowest BCUT2D eigenvalue weighted by Gasteiger charge is -2.60. The Labute approximate surface area is 178 Å². The van der Waals surface area contributed by atoms with E-state index in [1.165, 1.54) is 63.4 Å². The van der Waals surface area contributed by atoms with E-state index in [-0.39, 0.29) is 5.41 Å². The molecule has 0 heterocycles. The number of hydrogen-bond acceptors (Lipinski definition) is 1. The van der Waals surface area contributed by atoms with Gasteiger partial charge in [-0.3, -0.25) is 4.79 Å². The summed E-state index contributed by atoms with van der Waals surface area (Å²) in [6.07, 6.45) is 15.7. The van der Waals surface area contributed by atoms with Crippen LogP contribution in [0.4, 0.5) is 0 Å². The van der Waals surface area contributed by atoms with Gasteiger partial charge in [0.1, 0.15) is 5.78 Å². The summed E-state index contributed by atoms with van der Waals surface area (Å²) in [7, 11) is 0. The Bertz CT molecular complexity index is 738. The van der Waals surface area contributed by atoms with Crippen molar-refractivity contribution in [3.63, 3.8) is 0 Å². The Morgan fingerprint density at radius 1 is 0.862 bits per heavy atom. The fourth-order valence-corrected chi connectivity index (χ4v) is 8.91. The van der Waals surface area contributed by atoms with Crippen LogP contribution < -0.4 is 0 Å². The van der Waals surface area contributed by atoms with Crippen molar-refractivity contribution in [2.45, 2.75) is 90.9 Å². The third kappa shape index (κ3) is 3.22. The predicted octanol–water partition coefficient (Wildman–Crippen LogP) is 7.24. The van der Waals surface area contributed by atoms with Gasteiger partial charge in [-0.15, -0.1) is 0 Å². The van der Waals surface area contributed by atoms with Crippen molar-refractivity contribution in [3.8, 4) is 0 Å². The van der Waals surface area contributed by atoms with Gasteiger partial charge in [-0.05, 0) is 97.9 Å². The molecule has 4 fully saturated rings. The lowest BCUT2D eigenvalue weighted by Crippen LogP contribution is -2.53. The number of ketones is 1. The molecule has 0 aliphatic heterocycles. The highest BCUT2D eigenvalue weighted by atomic mass is 16.1. The first-order valence-corrected chi connectivity index (χ1v) is 12.6. The number of fused-ring (bicyclic) bond motifs is 5. The molecule has 4 saturated carbocycles. The van der Waals surface area contributed by atoms with Crippen LogP contribution in [0.25, 0.3) is 0 Å². The molecule has 0 bridgehead atoms. The minimum absolute atomic E-state index is 0.285. The topological polar surface area (TPSA) is 17.1 Å². The number of carbonyl (C=O) groups is 1. The highest BCUT2D eigenvalue weighted by Crippen LogP contribution is 2.67. The second-order valence-corrected chi connectivity index (χ2v) is 11.5. The van der Waals surface area contributed by atoms with Gasteiger partial charge in [-0.1, -0.05) is 57.0 Å². The maximum absolute atomic E-state index is 13.3. The van der Waals surface area contributed by atoms with Crippen LogP contribution in [-0.2, 0) is 11.2 Å². The van der Waals surface area contributed by atoms with Gasteiger partial charge >= 0.3 is 0 Å². The summed E-state index contributed by atoms with van der Waals surface area (Å²) in [5.74, 6) is 4.54. The average molecular weight is 393 g/mol. The van der Waals surface area contributed by atoms with E-state index < -0.39 is 0 Å². The highest BCUT2D eigenvalue weighted by Gasteiger charge is 2.60. The van der Waals surface area contributed by atoms with Crippen LogP contribution in [0.1, 0.15) is 90.0 Å². The monoisotopic (exact) mass is 392 g/mol. The quantitative estimate of drug-likeness (QED) is 0.528. The van der Waals surface area contributed by atoms with Crippen LogP contribution in [0.15, 0.2) is 30.3 Å². The van der Waals surface area contributed by atoms with Crippen molar-refractivity contribution in [1.82, 2.24) is 0 Å². The number of hydrogen-bond donors (Lipinski definition) is 0. The maximum atomic E-state index is 13.3. The molecule has 0 N–H and O–H groups in total. The molecule has 1 aromatic carbocycles. The zero-order valence-electron chi connectivity index (χ0n) is 18.7. The lowest BCUT2D eigenvalue weighted by atomic mass is 9.45. The third-order valence-electron chi connectivity index (χ3n) is 10.5. The standard InChI is InChI=1S/C28H40O/c1-27-18-7-6-10-21(27)12-13-22-23-14-15-25(28(23,2)19-17-24(22)27)26(29)16-11-20-8-4-3-5-9-20/h3-5,8-9,21-25H,6-7,10-19H2,1-2H3/t21?,22-,23-,24-,25+,27-,28-/m0/s1. The van der Waals surface area contributed by atoms with E-state index in [0.29, 0.717) is 17.1 Å². The van der Waals surface area contributed by atoms with Gasteiger partial charge in [0.15, 0.2) is 0 Å². The van der Waals surface area contributed by atoms with Crippen molar-refractivity contribution in [3.05, 3.63) is 35.9 Å². The number of carbonyl (C=O) groups excluding carboxylic acids is 1. The van der Waals surface area contributed by atoms with E-state index >= 15 is 0 Å². The number of aryl methyl sites for hydroxylation is 1. The molecular weight excluding hydrogens is 352 g/mol. The third-order valence-corrected chi connectivity index (χ3v) is 10.5. The van der Waals surface area contributed by atoms with E-state index in [2.05, 4.69) is 44.2 Å². The Balaban J connectivity index is 1.30. The summed E-state index contributed by atoms with van der Waals surface area (Å²) in [5.41, 5.74) is 2.21. The van der Waals surface area contributed by atoms with Gasteiger partial charge in [0.2, 0.25) is 0 Å². The first-order chi connectivity index (χ1) is 14.0. The number of benzene rings is 1. The van der Waals surface area contributed by atoms with Gasteiger partial charge in [-0.25, -0.2) is 0 Å². The SMILES string of the molecule is C[C@]12CC[C@H]3[C@@H](CCC4CCCC[C@@]43C)[C@@H]1CC[C@@H]2C(=O)CCc1ccccc1. The molecule has 29 heavy (non-hydrogen) atoms. The Morgan fingerprint density at radius 2 is 1.66 bits per heavy atom. The molecule has 1 aromatic rings. The van der Waals surface area contributed by atoms with Crippen molar-refractivity contribution in [1.29, 1.82) is 0 Å². The second-order valence-electron chi connectivity index (χ2n) is 11.5. The van der Waals surface area contributed by atoms with Crippen molar-refractivity contribution < 1.29 is 4.79 Å². The van der Waals surface area contributed by atoms with Gasteiger partial charge in [0.05, 0.1) is 0 Å². The van der Waals surface area contributed by atoms with Gasteiger partial charge in [0.25, 0.3) is 0 Å². The van der Waals surface area contributed by atoms with Crippen LogP contribution in [0, 0.1) is 40.4 Å². The van der Waals surface area contributed by atoms with E-state index in [0.717, 1.165) is 42.9 Å². The molecule has 0 amide bonds. The first-order valence-electron chi connectivity index (χ1n) is 12.6. The summed E-state index contributed by atoms with van der Waals surface area (Å²) in [5, 5.41) is 0. The largest absolute Gasteiger partial charge is 0.299 e. The van der Waals surface area contributed by atoms with Crippen LogP contribution >= 0.6 is 0 Å². The summed E-state index contributed by atoms with van der Waals surface area (Å²) in [6, 6.07) is 10.6. The van der Waals surface area contributed by atoms with E-state index in [1.807, 2.05) is 0 Å². The number of rotatable bonds is 4. The first kappa shape index (κ1) is 19.8. The average Bonchev–Trinajstić information content (AvgIpc) is 3.09. The molecule has 0 saturated heterocycles. The van der Waals surface area contributed by atoms with Gasteiger partial charge in [0, 0.05) is 12.3 Å². The van der Waals surface area contributed by atoms with E-state index in [4.69, 9.17) is 0 Å². The second kappa shape index (κ2) is 7.54. The fraction of sp³-hybridized carbons (Fsp3) is 0.750. The highest BCUT2D eigenvalue weighted by molar-refractivity contribution is 5.82. The van der Waals surface area contributed by atoms with E-state index in [9.17, 15) is 4.79 Å². The molecule has 158 valence electrons. The zero-order valence-corrected chi connectivity index (χ0v) is 18.7. The molecule has 0 aromatic heterocycles. The summed E-state index contributed by atoms with van der Waals surface area (Å²) in [6.45, 7) is 5.18. The van der Waals surface area contributed by atoms with Crippen LogP contribution in [0.5, 0.6) is 0 Å². The van der Waals surface area contributed by atoms with Crippen LogP contribution in [-0.4, -0.2) is 5.78 Å². The molecule has 1 unspecified atom stereocenters. The molecular formula is C28H40O. The minimum atomic E-state index is 0.285. The summed E-state index contributed by atoms with van der Waals surface area (Å²) < 4.78 is 0. The Hall–Kier alpha value is -1.11. The molecule has 0 radical (unpaired) electrons. The molecule has 4 aliphatic carbocycles. The van der Waals surface area contributed by atoms with Gasteiger partial charge < -0.3 is 0 Å².